The van der Waals surface area contributed by atoms with Crippen molar-refractivity contribution in [2.75, 3.05) is 33.5 Å². The molecule has 1 N–H and O–H groups in total. The van der Waals surface area contributed by atoms with Gasteiger partial charge in [-0.2, -0.15) is 0 Å². The summed E-state index contributed by atoms with van der Waals surface area (Å²) in [5, 5.41) is 9.80. The Morgan fingerprint density at radius 1 is 1.29 bits per heavy atom. The molecule has 0 bridgehead atoms. The zero-order valence-corrected chi connectivity index (χ0v) is 20.2. The Bertz CT molecular complexity index is 1060. The van der Waals surface area contributed by atoms with Gasteiger partial charge in [0.05, 0.1) is 12.6 Å². The van der Waals surface area contributed by atoms with E-state index in [1.807, 2.05) is 57.3 Å². The molecule has 0 saturated heterocycles. The van der Waals surface area contributed by atoms with Crippen LogP contribution < -0.4 is 14.2 Å². The molecule has 0 spiro atoms. The SMILES string of the molecule is C/C=C/c1cnc2c(c1)C(=O)N([C@H](C)CO)C[C@H](C)[C@H](CN(C)Cc1ccc3c(c1)OCO3)O2. The van der Waals surface area contributed by atoms with Crippen molar-refractivity contribution < 1.29 is 24.1 Å². The van der Waals surface area contributed by atoms with Crippen molar-refractivity contribution in [1.29, 1.82) is 0 Å². The third kappa shape index (κ3) is 5.18. The van der Waals surface area contributed by atoms with Gasteiger partial charge in [-0.3, -0.25) is 9.69 Å². The van der Waals surface area contributed by atoms with Gasteiger partial charge in [-0.25, -0.2) is 4.98 Å². The number of amides is 1. The van der Waals surface area contributed by atoms with Crippen LogP contribution in [0.25, 0.3) is 6.08 Å². The number of hydrogen-bond donors (Lipinski definition) is 1. The third-order valence-corrected chi connectivity index (χ3v) is 6.28. The smallest absolute Gasteiger partial charge is 0.259 e. The van der Waals surface area contributed by atoms with Gasteiger partial charge in [-0.05, 0) is 50.2 Å². The van der Waals surface area contributed by atoms with Crippen LogP contribution in [0.3, 0.4) is 0 Å². The number of benzene rings is 1. The fourth-order valence-corrected chi connectivity index (χ4v) is 4.34. The molecule has 0 aliphatic carbocycles. The van der Waals surface area contributed by atoms with Gasteiger partial charge in [0.15, 0.2) is 11.5 Å². The summed E-state index contributed by atoms with van der Waals surface area (Å²) >= 11 is 0. The Morgan fingerprint density at radius 2 is 2.09 bits per heavy atom. The Labute approximate surface area is 200 Å². The molecule has 2 aliphatic heterocycles. The first-order valence-corrected chi connectivity index (χ1v) is 11.7. The van der Waals surface area contributed by atoms with Gasteiger partial charge in [0, 0.05) is 31.7 Å². The molecule has 8 nitrogen and oxygen atoms in total. The number of nitrogens with zero attached hydrogens (tertiary/aromatic N) is 3. The Morgan fingerprint density at radius 3 is 2.85 bits per heavy atom. The van der Waals surface area contributed by atoms with E-state index in [-0.39, 0.29) is 37.4 Å². The lowest BCUT2D eigenvalue weighted by Gasteiger charge is -2.37. The summed E-state index contributed by atoms with van der Waals surface area (Å²) < 4.78 is 17.3. The van der Waals surface area contributed by atoms with Gasteiger partial charge in [0.1, 0.15) is 11.7 Å². The Balaban J connectivity index is 1.57. The van der Waals surface area contributed by atoms with Gasteiger partial charge in [-0.15, -0.1) is 0 Å². The van der Waals surface area contributed by atoms with E-state index in [9.17, 15) is 9.90 Å². The zero-order chi connectivity index (χ0) is 24.2. The number of aliphatic hydroxyl groups excluding tert-OH is 1. The maximum atomic E-state index is 13.4. The summed E-state index contributed by atoms with van der Waals surface area (Å²) in [4.78, 5) is 21.8. The Kier molecular flexibility index (Phi) is 7.38. The molecule has 1 aromatic carbocycles. The van der Waals surface area contributed by atoms with E-state index in [0.29, 0.717) is 31.1 Å². The molecule has 1 aromatic heterocycles. The van der Waals surface area contributed by atoms with Crippen LogP contribution in [-0.2, 0) is 6.54 Å². The highest BCUT2D eigenvalue weighted by molar-refractivity contribution is 5.97. The van der Waals surface area contributed by atoms with Crippen LogP contribution in [0, 0.1) is 5.92 Å². The molecule has 0 saturated carbocycles. The van der Waals surface area contributed by atoms with Crippen molar-refractivity contribution in [3.8, 4) is 17.4 Å². The minimum absolute atomic E-state index is 0.0299. The molecule has 2 aromatic rings. The number of aliphatic hydroxyl groups is 1. The number of fused-ring (bicyclic) bond motifs is 2. The fourth-order valence-electron chi connectivity index (χ4n) is 4.34. The maximum absolute atomic E-state index is 13.4. The summed E-state index contributed by atoms with van der Waals surface area (Å²) in [5.41, 5.74) is 2.37. The van der Waals surface area contributed by atoms with Crippen LogP contribution in [0.2, 0.25) is 0 Å². The third-order valence-electron chi connectivity index (χ3n) is 6.28. The number of pyridine rings is 1. The number of likely N-dealkylation sites (N-methyl/N-ethyl adjacent to an activating group) is 1. The highest BCUT2D eigenvalue weighted by Gasteiger charge is 2.34. The van der Waals surface area contributed by atoms with Crippen LogP contribution in [0.4, 0.5) is 0 Å². The standard InChI is InChI=1S/C26H33N3O5/c1-5-6-19-9-21-25(27-11-19)34-24(17(2)12-29(26(21)31)18(3)15-30)14-28(4)13-20-7-8-22-23(10-20)33-16-32-22/h5-11,17-18,24,30H,12-16H2,1-4H3/b6-5+/t17-,18+,24-/m0/s1. The highest BCUT2D eigenvalue weighted by Crippen LogP contribution is 2.33. The first kappa shape index (κ1) is 24.0. The van der Waals surface area contributed by atoms with Crippen molar-refractivity contribution >= 4 is 12.0 Å². The molecule has 3 atom stereocenters. The van der Waals surface area contributed by atoms with Crippen LogP contribution in [0.1, 0.15) is 42.3 Å². The molecule has 0 unspecified atom stereocenters. The summed E-state index contributed by atoms with van der Waals surface area (Å²) in [7, 11) is 2.04. The molecule has 4 rings (SSSR count). The summed E-state index contributed by atoms with van der Waals surface area (Å²) in [6.07, 6.45) is 5.32. The predicted molar refractivity (Wildman–Crippen MR) is 129 cm³/mol. The van der Waals surface area contributed by atoms with E-state index < -0.39 is 0 Å². The lowest BCUT2D eigenvalue weighted by atomic mass is 9.99. The van der Waals surface area contributed by atoms with Crippen molar-refractivity contribution in [2.24, 2.45) is 5.92 Å². The summed E-state index contributed by atoms with van der Waals surface area (Å²) in [5.74, 6) is 1.73. The molecule has 0 radical (unpaired) electrons. The molecule has 34 heavy (non-hydrogen) atoms. The lowest BCUT2D eigenvalue weighted by Crippen LogP contribution is -2.49. The molecular formula is C26H33N3O5. The van der Waals surface area contributed by atoms with Crippen molar-refractivity contribution in [3.05, 3.63) is 53.2 Å². The van der Waals surface area contributed by atoms with E-state index in [1.54, 1.807) is 11.1 Å². The van der Waals surface area contributed by atoms with E-state index in [1.165, 1.54) is 0 Å². The van der Waals surface area contributed by atoms with Crippen LogP contribution >= 0.6 is 0 Å². The van der Waals surface area contributed by atoms with E-state index in [0.717, 1.165) is 22.6 Å². The average molecular weight is 468 g/mol. The minimum atomic E-state index is -0.307. The number of ether oxygens (including phenoxy) is 3. The average Bonchev–Trinajstić information content (AvgIpc) is 3.29. The largest absolute Gasteiger partial charge is 0.472 e. The number of allylic oxidation sites excluding steroid dienone is 1. The van der Waals surface area contributed by atoms with Crippen molar-refractivity contribution in [2.45, 2.75) is 39.5 Å². The van der Waals surface area contributed by atoms with Gasteiger partial charge in [0.25, 0.3) is 5.91 Å². The summed E-state index contributed by atoms with van der Waals surface area (Å²) in [6.45, 7) is 7.83. The fraction of sp³-hybridized carbons (Fsp3) is 0.462. The maximum Gasteiger partial charge on any atom is 0.259 e. The van der Waals surface area contributed by atoms with E-state index >= 15 is 0 Å². The van der Waals surface area contributed by atoms with Gasteiger partial charge >= 0.3 is 0 Å². The van der Waals surface area contributed by atoms with E-state index in [4.69, 9.17) is 14.2 Å². The summed E-state index contributed by atoms with van der Waals surface area (Å²) in [6, 6.07) is 7.48. The van der Waals surface area contributed by atoms with Crippen LogP contribution in [-0.4, -0.2) is 71.5 Å². The number of rotatable bonds is 7. The van der Waals surface area contributed by atoms with Crippen molar-refractivity contribution in [3.63, 3.8) is 0 Å². The van der Waals surface area contributed by atoms with Crippen LogP contribution in [0.15, 0.2) is 36.5 Å². The van der Waals surface area contributed by atoms with Crippen molar-refractivity contribution in [1.82, 2.24) is 14.8 Å². The molecular weight excluding hydrogens is 434 g/mol. The number of hydrogen-bond acceptors (Lipinski definition) is 7. The first-order valence-electron chi connectivity index (χ1n) is 11.7. The van der Waals surface area contributed by atoms with Crippen LogP contribution in [0.5, 0.6) is 17.4 Å². The zero-order valence-electron chi connectivity index (χ0n) is 20.2. The normalized spacial score (nSPS) is 20.8. The predicted octanol–water partition coefficient (Wildman–Crippen LogP) is 3.20. The molecule has 8 heteroatoms. The number of carbonyl (C=O) groups is 1. The molecule has 1 amide bonds. The lowest BCUT2D eigenvalue weighted by molar-refractivity contribution is 0.0325. The van der Waals surface area contributed by atoms with Gasteiger partial charge in [-0.1, -0.05) is 25.1 Å². The second-order valence-corrected chi connectivity index (χ2v) is 9.13. The topological polar surface area (TPSA) is 84.4 Å². The first-order chi connectivity index (χ1) is 16.4. The molecule has 0 fully saturated rings. The quantitative estimate of drug-likeness (QED) is 0.669. The van der Waals surface area contributed by atoms with Gasteiger partial charge in [0.2, 0.25) is 12.7 Å². The number of carbonyl (C=O) groups excluding carboxylic acids is 1. The number of aromatic nitrogens is 1. The highest BCUT2D eigenvalue weighted by atomic mass is 16.7. The molecule has 2 aliphatic rings. The monoisotopic (exact) mass is 467 g/mol. The molecule has 182 valence electrons. The van der Waals surface area contributed by atoms with Gasteiger partial charge < -0.3 is 24.2 Å². The molecule has 3 heterocycles. The van der Waals surface area contributed by atoms with E-state index in [2.05, 4.69) is 16.8 Å². The second-order valence-electron chi connectivity index (χ2n) is 9.13. The Hall–Kier alpha value is -3.10. The second kappa shape index (κ2) is 10.4. The minimum Gasteiger partial charge on any atom is -0.472 e.